The first-order chi connectivity index (χ1) is 29.7. The largest absolute Gasteiger partial charge is 0.254 e. The summed E-state index contributed by atoms with van der Waals surface area (Å²) in [5.41, 5.74) is 10.6. The number of benzene rings is 7. The standard InChI is InChI=1S/C53H31N7/c1-2-10-34(11-3-1)51-58-52(45-20-6-16-41-39(14-4-18-43(41)45)37-28-35-24-22-32-12-8-26-54-47(32)49(35)56-30-37)60-53(59-51)46-21-7-17-42-40(15-5-19-44(42)46)38-29-36-25-23-33-13-9-27-55-48(33)50(36)57-31-38/h1-31H. The summed E-state index contributed by atoms with van der Waals surface area (Å²) in [7, 11) is 0. The van der Waals surface area contributed by atoms with Gasteiger partial charge in [0, 0.05) is 74.1 Å². The highest BCUT2D eigenvalue weighted by molar-refractivity contribution is 6.09. The van der Waals surface area contributed by atoms with Crippen molar-refractivity contribution in [3.8, 4) is 56.4 Å². The van der Waals surface area contributed by atoms with Gasteiger partial charge in [0.2, 0.25) is 0 Å². The first kappa shape index (κ1) is 33.8. The lowest BCUT2D eigenvalue weighted by atomic mass is 9.94. The molecule has 12 rings (SSSR count). The van der Waals surface area contributed by atoms with E-state index in [1.165, 1.54) is 0 Å². The molecule has 0 atom stereocenters. The van der Waals surface area contributed by atoms with Gasteiger partial charge in [0.15, 0.2) is 17.5 Å². The van der Waals surface area contributed by atoms with Crippen molar-refractivity contribution in [1.82, 2.24) is 34.9 Å². The molecule has 7 heteroatoms. The Bertz CT molecular complexity index is 3460. The zero-order valence-electron chi connectivity index (χ0n) is 32.0. The fourth-order valence-electron chi connectivity index (χ4n) is 8.61. The van der Waals surface area contributed by atoms with E-state index in [1.807, 2.05) is 67.3 Å². The van der Waals surface area contributed by atoms with Crippen LogP contribution in [0.4, 0.5) is 0 Å². The van der Waals surface area contributed by atoms with Crippen molar-refractivity contribution in [2.24, 2.45) is 0 Å². The Hall–Kier alpha value is -8.29. The van der Waals surface area contributed by atoms with E-state index < -0.39 is 0 Å². The van der Waals surface area contributed by atoms with Crippen LogP contribution in [-0.2, 0) is 0 Å². The van der Waals surface area contributed by atoms with Gasteiger partial charge in [0.25, 0.3) is 0 Å². The molecule has 12 aromatic rings. The highest BCUT2D eigenvalue weighted by atomic mass is 15.0. The minimum absolute atomic E-state index is 0.600. The minimum Gasteiger partial charge on any atom is -0.254 e. The van der Waals surface area contributed by atoms with Crippen LogP contribution in [0.25, 0.3) is 122 Å². The monoisotopic (exact) mass is 765 g/mol. The SMILES string of the molecule is c1ccc(-c2nc(-c3cccc4c(-c5cnc6c(ccc7cccnc76)c5)cccc34)nc(-c3cccc4c(-c5cnc6c(ccc7cccnc76)c5)cccc34)n2)cc1. The molecule has 0 aliphatic carbocycles. The van der Waals surface area contributed by atoms with Gasteiger partial charge in [-0.2, -0.15) is 0 Å². The molecule has 0 aliphatic rings. The first-order valence-corrected chi connectivity index (χ1v) is 19.9. The highest BCUT2D eigenvalue weighted by Gasteiger charge is 2.18. The lowest BCUT2D eigenvalue weighted by molar-refractivity contribution is 1.08. The van der Waals surface area contributed by atoms with E-state index in [0.29, 0.717) is 17.5 Å². The predicted octanol–water partition coefficient (Wildman–Crippen LogP) is 12.7. The summed E-state index contributed by atoms with van der Waals surface area (Å²) in [6.45, 7) is 0. The second kappa shape index (κ2) is 13.7. The van der Waals surface area contributed by atoms with Crippen LogP contribution < -0.4 is 0 Å². The molecule has 0 bridgehead atoms. The van der Waals surface area contributed by atoms with Gasteiger partial charge in [-0.3, -0.25) is 19.9 Å². The van der Waals surface area contributed by atoms with Crippen LogP contribution in [0.3, 0.4) is 0 Å². The van der Waals surface area contributed by atoms with Crippen LogP contribution in [0, 0.1) is 0 Å². The van der Waals surface area contributed by atoms with Gasteiger partial charge in [-0.15, -0.1) is 0 Å². The zero-order chi connectivity index (χ0) is 39.6. The molecular formula is C53H31N7. The quantitative estimate of drug-likeness (QED) is 0.161. The van der Waals surface area contributed by atoms with Crippen LogP contribution in [-0.4, -0.2) is 34.9 Å². The van der Waals surface area contributed by atoms with Gasteiger partial charge in [0.1, 0.15) is 0 Å². The van der Waals surface area contributed by atoms with Crippen LogP contribution in [0.15, 0.2) is 189 Å². The van der Waals surface area contributed by atoms with E-state index in [2.05, 4.69) is 131 Å². The van der Waals surface area contributed by atoms with E-state index in [4.69, 9.17) is 24.9 Å². The van der Waals surface area contributed by atoms with Crippen LogP contribution in [0.2, 0.25) is 0 Å². The highest BCUT2D eigenvalue weighted by Crippen LogP contribution is 2.39. The van der Waals surface area contributed by atoms with Crippen molar-refractivity contribution in [3.05, 3.63) is 189 Å². The molecule has 0 radical (unpaired) electrons. The summed E-state index contributed by atoms with van der Waals surface area (Å²) >= 11 is 0. The van der Waals surface area contributed by atoms with Crippen molar-refractivity contribution >= 4 is 65.2 Å². The second-order valence-electron chi connectivity index (χ2n) is 15.0. The second-order valence-corrected chi connectivity index (χ2v) is 15.0. The third-order valence-corrected chi connectivity index (χ3v) is 11.5. The molecule has 0 aliphatic heterocycles. The van der Waals surface area contributed by atoms with Gasteiger partial charge >= 0.3 is 0 Å². The fraction of sp³-hybridized carbons (Fsp3) is 0. The number of fused-ring (bicyclic) bond motifs is 8. The average molecular weight is 766 g/mol. The van der Waals surface area contributed by atoms with Gasteiger partial charge in [-0.05, 0) is 56.9 Å². The Kier molecular flexibility index (Phi) is 7.71. The molecular weight excluding hydrogens is 735 g/mol. The third-order valence-electron chi connectivity index (χ3n) is 11.5. The van der Waals surface area contributed by atoms with Crippen molar-refractivity contribution in [3.63, 3.8) is 0 Å². The van der Waals surface area contributed by atoms with E-state index in [1.54, 1.807) is 0 Å². The van der Waals surface area contributed by atoms with Crippen LogP contribution in [0.5, 0.6) is 0 Å². The van der Waals surface area contributed by atoms with Gasteiger partial charge in [0.05, 0.1) is 22.1 Å². The molecule has 0 amide bonds. The molecule has 0 unspecified atom stereocenters. The summed E-state index contributed by atoms with van der Waals surface area (Å²) in [6.07, 6.45) is 7.54. The van der Waals surface area contributed by atoms with Crippen molar-refractivity contribution < 1.29 is 0 Å². The maximum Gasteiger partial charge on any atom is 0.164 e. The number of hydrogen-bond donors (Lipinski definition) is 0. The minimum atomic E-state index is 0.600. The molecule has 5 heterocycles. The summed E-state index contributed by atoms with van der Waals surface area (Å²) in [4.78, 5) is 34.7. The van der Waals surface area contributed by atoms with E-state index in [0.717, 1.165) is 104 Å². The van der Waals surface area contributed by atoms with Crippen LogP contribution in [0.1, 0.15) is 0 Å². The Morgan fingerprint density at radius 3 is 1.18 bits per heavy atom. The Morgan fingerprint density at radius 1 is 0.267 bits per heavy atom. The summed E-state index contributed by atoms with van der Waals surface area (Å²) in [6, 6.07) is 56.5. The first-order valence-electron chi connectivity index (χ1n) is 19.9. The van der Waals surface area contributed by atoms with Gasteiger partial charge in [-0.1, -0.05) is 140 Å². The average Bonchev–Trinajstić information content (AvgIpc) is 3.33. The van der Waals surface area contributed by atoms with Crippen molar-refractivity contribution in [1.29, 1.82) is 0 Å². The molecule has 0 fully saturated rings. The predicted molar refractivity (Wildman–Crippen MR) is 243 cm³/mol. The molecule has 278 valence electrons. The number of pyridine rings is 4. The van der Waals surface area contributed by atoms with E-state index in [-0.39, 0.29) is 0 Å². The Balaban J connectivity index is 1.01. The lowest BCUT2D eigenvalue weighted by Crippen LogP contribution is -2.01. The van der Waals surface area contributed by atoms with Crippen LogP contribution >= 0.6 is 0 Å². The molecule has 0 N–H and O–H groups in total. The molecule has 0 saturated heterocycles. The number of nitrogens with zero attached hydrogens (tertiary/aromatic N) is 7. The molecule has 7 aromatic carbocycles. The molecule has 5 aromatic heterocycles. The Labute approximate surface area is 343 Å². The van der Waals surface area contributed by atoms with E-state index >= 15 is 0 Å². The number of aromatic nitrogens is 7. The van der Waals surface area contributed by atoms with Crippen molar-refractivity contribution in [2.75, 3.05) is 0 Å². The molecule has 0 spiro atoms. The van der Waals surface area contributed by atoms with Gasteiger partial charge in [-0.25, -0.2) is 15.0 Å². The third kappa shape index (κ3) is 5.56. The normalized spacial score (nSPS) is 11.7. The summed E-state index contributed by atoms with van der Waals surface area (Å²) < 4.78 is 0. The lowest BCUT2D eigenvalue weighted by Gasteiger charge is -2.14. The van der Waals surface area contributed by atoms with Gasteiger partial charge < -0.3 is 0 Å². The van der Waals surface area contributed by atoms with Crippen molar-refractivity contribution in [2.45, 2.75) is 0 Å². The van der Waals surface area contributed by atoms with E-state index in [9.17, 15) is 0 Å². The maximum absolute atomic E-state index is 5.28. The number of hydrogen-bond acceptors (Lipinski definition) is 7. The number of rotatable bonds is 5. The summed E-state index contributed by atoms with van der Waals surface area (Å²) in [5.74, 6) is 1.81. The Morgan fingerprint density at radius 2 is 0.683 bits per heavy atom. The molecule has 60 heavy (non-hydrogen) atoms. The molecule has 0 saturated carbocycles. The maximum atomic E-state index is 5.28. The fourth-order valence-corrected chi connectivity index (χ4v) is 8.61. The topological polar surface area (TPSA) is 90.2 Å². The molecule has 7 nitrogen and oxygen atoms in total. The smallest absolute Gasteiger partial charge is 0.164 e. The zero-order valence-corrected chi connectivity index (χ0v) is 32.0. The summed E-state index contributed by atoms with van der Waals surface area (Å²) in [5, 5.41) is 8.48.